The number of likely N-dealkylation sites (N-methyl/N-ethyl adjacent to an activating group) is 1. The Morgan fingerprint density at radius 1 is 0.833 bits per heavy atom. The molecule has 0 saturated carbocycles. The van der Waals surface area contributed by atoms with Gasteiger partial charge in [0.25, 0.3) is 0 Å². The van der Waals surface area contributed by atoms with Gasteiger partial charge < -0.3 is 10.6 Å². The van der Waals surface area contributed by atoms with Gasteiger partial charge in [0.15, 0.2) is 0 Å². The molecule has 94 valence electrons. The van der Waals surface area contributed by atoms with Crippen LogP contribution in [0.1, 0.15) is 11.1 Å². The third-order valence-corrected chi connectivity index (χ3v) is 2.96. The van der Waals surface area contributed by atoms with E-state index in [1.807, 2.05) is 7.05 Å². The molecule has 2 N–H and O–H groups in total. The molecule has 0 aromatic heterocycles. The van der Waals surface area contributed by atoms with Crippen molar-refractivity contribution in [2.75, 3.05) is 18.9 Å². The molecule has 0 amide bonds. The minimum atomic E-state index is 1.02. The standard InChI is InChI=1S/C16H20N2/c1-13-3-7-15(8-4-13)18-16-9-5-14(6-10-16)11-12-17-2/h3-10,17-18H,11-12H2,1-2H3. The Balaban J connectivity index is 1.99. The Morgan fingerprint density at radius 2 is 1.39 bits per heavy atom. The molecule has 2 aromatic rings. The topological polar surface area (TPSA) is 24.1 Å². The number of nitrogens with one attached hydrogen (secondary N) is 2. The van der Waals surface area contributed by atoms with Crippen molar-refractivity contribution in [2.45, 2.75) is 13.3 Å². The highest BCUT2D eigenvalue weighted by Gasteiger charge is 1.96. The first-order valence-corrected chi connectivity index (χ1v) is 6.35. The number of anilines is 2. The molecule has 2 nitrogen and oxygen atoms in total. The summed E-state index contributed by atoms with van der Waals surface area (Å²) in [6.07, 6.45) is 1.07. The summed E-state index contributed by atoms with van der Waals surface area (Å²) in [6.45, 7) is 3.12. The van der Waals surface area contributed by atoms with Crippen LogP contribution in [0.4, 0.5) is 11.4 Å². The number of hydrogen-bond donors (Lipinski definition) is 2. The highest BCUT2D eigenvalue weighted by molar-refractivity contribution is 5.59. The zero-order valence-electron chi connectivity index (χ0n) is 11.0. The molecule has 0 atom stereocenters. The zero-order valence-corrected chi connectivity index (χ0v) is 11.0. The van der Waals surface area contributed by atoms with Crippen LogP contribution in [0.25, 0.3) is 0 Å². The first-order valence-electron chi connectivity index (χ1n) is 6.35. The molecule has 2 aromatic carbocycles. The van der Waals surface area contributed by atoms with Crippen molar-refractivity contribution >= 4 is 11.4 Å². The Hall–Kier alpha value is -1.80. The molecule has 0 fully saturated rings. The Labute approximate surface area is 109 Å². The van der Waals surface area contributed by atoms with Gasteiger partial charge in [-0.1, -0.05) is 29.8 Å². The lowest BCUT2D eigenvalue weighted by atomic mass is 10.1. The van der Waals surface area contributed by atoms with Crippen LogP contribution in [0.15, 0.2) is 48.5 Å². The van der Waals surface area contributed by atoms with Gasteiger partial charge in [-0.05, 0) is 56.8 Å². The molecule has 2 heteroatoms. The molecule has 0 aliphatic rings. The maximum Gasteiger partial charge on any atom is 0.0384 e. The number of benzene rings is 2. The minimum Gasteiger partial charge on any atom is -0.356 e. The molecule has 0 bridgehead atoms. The van der Waals surface area contributed by atoms with Crippen molar-refractivity contribution in [2.24, 2.45) is 0 Å². The van der Waals surface area contributed by atoms with Gasteiger partial charge in [0.1, 0.15) is 0 Å². The second kappa shape index (κ2) is 6.22. The van der Waals surface area contributed by atoms with Crippen LogP contribution in [0, 0.1) is 6.92 Å². The van der Waals surface area contributed by atoms with E-state index in [0.717, 1.165) is 24.3 Å². The molecular weight excluding hydrogens is 220 g/mol. The monoisotopic (exact) mass is 240 g/mol. The van der Waals surface area contributed by atoms with E-state index < -0.39 is 0 Å². The van der Waals surface area contributed by atoms with E-state index in [-0.39, 0.29) is 0 Å². The summed E-state index contributed by atoms with van der Waals surface area (Å²) in [7, 11) is 1.98. The van der Waals surface area contributed by atoms with E-state index in [2.05, 4.69) is 66.1 Å². The van der Waals surface area contributed by atoms with E-state index in [1.54, 1.807) is 0 Å². The summed E-state index contributed by atoms with van der Waals surface area (Å²) in [5.41, 5.74) is 4.90. The zero-order chi connectivity index (χ0) is 12.8. The number of rotatable bonds is 5. The molecule has 0 aliphatic carbocycles. The summed E-state index contributed by atoms with van der Waals surface area (Å²) >= 11 is 0. The van der Waals surface area contributed by atoms with Crippen LogP contribution >= 0.6 is 0 Å². The SMILES string of the molecule is CNCCc1ccc(Nc2ccc(C)cc2)cc1. The highest BCUT2D eigenvalue weighted by atomic mass is 14.9. The van der Waals surface area contributed by atoms with Gasteiger partial charge in [0.2, 0.25) is 0 Å². The largest absolute Gasteiger partial charge is 0.356 e. The molecule has 18 heavy (non-hydrogen) atoms. The first kappa shape index (κ1) is 12.7. The van der Waals surface area contributed by atoms with Crippen LogP contribution in [0.2, 0.25) is 0 Å². The van der Waals surface area contributed by atoms with Crippen molar-refractivity contribution in [3.63, 3.8) is 0 Å². The number of hydrogen-bond acceptors (Lipinski definition) is 2. The molecule has 2 rings (SSSR count). The smallest absolute Gasteiger partial charge is 0.0384 e. The Morgan fingerprint density at radius 3 is 1.94 bits per heavy atom. The summed E-state index contributed by atoms with van der Waals surface area (Å²) in [5.74, 6) is 0. The van der Waals surface area contributed by atoms with E-state index >= 15 is 0 Å². The quantitative estimate of drug-likeness (QED) is 0.836. The van der Waals surface area contributed by atoms with E-state index in [4.69, 9.17) is 0 Å². The van der Waals surface area contributed by atoms with Crippen LogP contribution in [-0.4, -0.2) is 13.6 Å². The van der Waals surface area contributed by atoms with Gasteiger partial charge in [-0.2, -0.15) is 0 Å². The normalized spacial score (nSPS) is 10.3. The second-order valence-corrected chi connectivity index (χ2v) is 4.54. The fourth-order valence-corrected chi connectivity index (χ4v) is 1.83. The van der Waals surface area contributed by atoms with Gasteiger partial charge in [-0.25, -0.2) is 0 Å². The third-order valence-electron chi connectivity index (χ3n) is 2.96. The minimum absolute atomic E-state index is 1.02. The van der Waals surface area contributed by atoms with Crippen LogP contribution in [-0.2, 0) is 6.42 Å². The van der Waals surface area contributed by atoms with Crippen molar-refractivity contribution < 1.29 is 0 Å². The molecule has 0 spiro atoms. The number of aryl methyl sites for hydroxylation is 1. The lowest BCUT2D eigenvalue weighted by Gasteiger charge is -2.08. The average Bonchev–Trinajstić information content (AvgIpc) is 2.41. The van der Waals surface area contributed by atoms with Gasteiger partial charge in [0.05, 0.1) is 0 Å². The summed E-state index contributed by atoms with van der Waals surface area (Å²) in [4.78, 5) is 0. The Kier molecular flexibility index (Phi) is 4.37. The third kappa shape index (κ3) is 3.60. The van der Waals surface area contributed by atoms with Crippen molar-refractivity contribution in [1.82, 2.24) is 5.32 Å². The second-order valence-electron chi connectivity index (χ2n) is 4.54. The van der Waals surface area contributed by atoms with Gasteiger partial charge in [-0.3, -0.25) is 0 Å². The molecule has 0 saturated heterocycles. The summed E-state index contributed by atoms with van der Waals surface area (Å²) in [6, 6.07) is 17.0. The van der Waals surface area contributed by atoms with Crippen LogP contribution in [0.5, 0.6) is 0 Å². The maximum atomic E-state index is 3.40. The Bertz CT molecular complexity index is 471. The lowest BCUT2D eigenvalue weighted by Crippen LogP contribution is -2.10. The molecular formula is C16H20N2. The van der Waals surface area contributed by atoms with Gasteiger partial charge in [-0.15, -0.1) is 0 Å². The summed E-state index contributed by atoms with van der Waals surface area (Å²) < 4.78 is 0. The predicted molar refractivity (Wildman–Crippen MR) is 78.5 cm³/mol. The molecule has 0 aliphatic heterocycles. The van der Waals surface area contributed by atoms with Crippen molar-refractivity contribution in [3.8, 4) is 0 Å². The first-order chi connectivity index (χ1) is 8.78. The fraction of sp³-hybridized carbons (Fsp3) is 0.250. The van der Waals surface area contributed by atoms with Crippen molar-refractivity contribution in [3.05, 3.63) is 59.7 Å². The fourth-order valence-electron chi connectivity index (χ4n) is 1.83. The lowest BCUT2D eigenvalue weighted by molar-refractivity contribution is 0.792. The van der Waals surface area contributed by atoms with Crippen molar-refractivity contribution in [1.29, 1.82) is 0 Å². The van der Waals surface area contributed by atoms with E-state index in [0.29, 0.717) is 0 Å². The van der Waals surface area contributed by atoms with Gasteiger partial charge in [0, 0.05) is 11.4 Å². The van der Waals surface area contributed by atoms with E-state index in [9.17, 15) is 0 Å². The maximum absolute atomic E-state index is 3.40. The molecule has 0 unspecified atom stereocenters. The molecule has 0 radical (unpaired) electrons. The van der Waals surface area contributed by atoms with Crippen LogP contribution < -0.4 is 10.6 Å². The summed E-state index contributed by atoms with van der Waals surface area (Å²) in [5, 5.41) is 6.56. The van der Waals surface area contributed by atoms with Gasteiger partial charge >= 0.3 is 0 Å². The van der Waals surface area contributed by atoms with E-state index in [1.165, 1.54) is 11.1 Å². The predicted octanol–water partition coefficient (Wildman–Crippen LogP) is 3.50. The highest BCUT2D eigenvalue weighted by Crippen LogP contribution is 2.17. The molecule has 0 heterocycles. The van der Waals surface area contributed by atoms with Crippen LogP contribution in [0.3, 0.4) is 0 Å². The average molecular weight is 240 g/mol.